The van der Waals surface area contributed by atoms with Crippen molar-refractivity contribution in [3.05, 3.63) is 34.9 Å². The molecule has 1 saturated heterocycles. The zero-order chi connectivity index (χ0) is 13.1. The van der Waals surface area contributed by atoms with E-state index in [-0.39, 0.29) is 18.4 Å². The third-order valence-electron chi connectivity index (χ3n) is 3.68. The van der Waals surface area contributed by atoms with Crippen LogP contribution in [0, 0.1) is 5.92 Å². The van der Waals surface area contributed by atoms with Gasteiger partial charge in [-0.2, -0.15) is 0 Å². The summed E-state index contributed by atoms with van der Waals surface area (Å²) < 4.78 is 0. The third kappa shape index (κ3) is 2.91. The molecule has 4 heteroatoms. The van der Waals surface area contributed by atoms with E-state index in [0.29, 0.717) is 23.0 Å². The Morgan fingerprint density at radius 3 is 3.00 bits per heavy atom. The molecule has 0 radical (unpaired) electrons. The number of ketones is 1. The van der Waals surface area contributed by atoms with Crippen LogP contribution in [-0.2, 0) is 0 Å². The topological polar surface area (TPSA) is 40.5 Å². The van der Waals surface area contributed by atoms with Crippen LogP contribution in [0.15, 0.2) is 24.3 Å². The Bertz CT molecular complexity index is 436. The molecule has 1 aromatic carbocycles. The molecule has 1 N–H and O–H groups in total. The first-order valence-corrected chi connectivity index (χ1v) is 6.63. The molecule has 3 nitrogen and oxygen atoms in total. The Morgan fingerprint density at radius 1 is 1.56 bits per heavy atom. The third-order valence-corrected chi connectivity index (χ3v) is 3.91. The van der Waals surface area contributed by atoms with Gasteiger partial charge in [-0.3, -0.25) is 9.69 Å². The summed E-state index contributed by atoms with van der Waals surface area (Å²) in [7, 11) is 0. The lowest BCUT2D eigenvalue weighted by Crippen LogP contribution is -2.38. The number of Topliss-reactive ketones (excluding diaryl/α,β-unsaturated/α-hetero) is 1. The molecule has 1 aliphatic heterocycles. The normalized spacial score (nSPS) is 24.4. The molecule has 0 spiro atoms. The lowest BCUT2D eigenvalue weighted by Gasteiger charge is -2.24. The second-order valence-corrected chi connectivity index (χ2v) is 5.36. The lowest BCUT2D eigenvalue weighted by atomic mass is 10.0. The van der Waals surface area contributed by atoms with Gasteiger partial charge in [-0.05, 0) is 31.0 Å². The Morgan fingerprint density at radius 2 is 2.33 bits per heavy atom. The van der Waals surface area contributed by atoms with Crippen molar-refractivity contribution in [1.29, 1.82) is 0 Å². The smallest absolute Gasteiger partial charge is 0.176 e. The highest BCUT2D eigenvalue weighted by Crippen LogP contribution is 2.23. The molecule has 2 unspecified atom stereocenters. The zero-order valence-electron chi connectivity index (χ0n) is 10.5. The maximum absolute atomic E-state index is 12.1. The highest BCUT2D eigenvalue weighted by atomic mass is 35.5. The predicted molar refractivity (Wildman–Crippen MR) is 72.0 cm³/mol. The summed E-state index contributed by atoms with van der Waals surface area (Å²) in [4.78, 5) is 14.2. The summed E-state index contributed by atoms with van der Waals surface area (Å²) in [5.74, 6) is 0.507. The Hall–Kier alpha value is -0.900. The summed E-state index contributed by atoms with van der Waals surface area (Å²) in [6, 6.07) is 7.12. The summed E-state index contributed by atoms with van der Waals surface area (Å²) in [5, 5.41) is 9.94. The van der Waals surface area contributed by atoms with E-state index in [2.05, 4.69) is 11.8 Å². The average Bonchev–Trinajstić information content (AvgIpc) is 2.69. The van der Waals surface area contributed by atoms with Crippen LogP contribution >= 0.6 is 11.6 Å². The van der Waals surface area contributed by atoms with Crippen molar-refractivity contribution < 1.29 is 9.90 Å². The van der Waals surface area contributed by atoms with E-state index < -0.39 is 0 Å². The van der Waals surface area contributed by atoms with Gasteiger partial charge < -0.3 is 5.11 Å². The van der Waals surface area contributed by atoms with Gasteiger partial charge in [0, 0.05) is 16.6 Å². The number of aliphatic hydroxyl groups is 1. The summed E-state index contributed by atoms with van der Waals surface area (Å²) in [5.41, 5.74) is 0.638. The number of hydrogen-bond donors (Lipinski definition) is 1. The monoisotopic (exact) mass is 267 g/mol. The molecule has 1 heterocycles. The predicted octanol–water partition coefficient (Wildman–Crippen LogP) is 2.23. The maximum atomic E-state index is 12.1. The fraction of sp³-hybridized carbons (Fsp3) is 0.500. The van der Waals surface area contributed by atoms with Gasteiger partial charge in [-0.25, -0.2) is 0 Å². The number of nitrogens with zero attached hydrogens (tertiary/aromatic N) is 1. The van der Waals surface area contributed by atoms with Crippen molar-refractivity contribution >= 4 is 17.4 Å². The number of halogens is 1. The fourth-order valence-corrected chi connectivity index (χ4v) is 2.71. The van der Waals surface area contributed by atoms with E-state index in [1.54, 1.807) is 24.3 Å². The molecular weight excluding hydrogens is 250 g/mol. The van der Waals surface area contributed by atoms with Crippen LogP contribution in [0.2, 0.25) is 5.02 Å². The van der Waals surface area contributed by atoms with Crippen LogP contribution in [0.1, 0.15) is 23.7 Å². The minimum absolute atomic E-state index is 0.0602. The molecule has 2 rings (SSSR count). The highest BCUT2D eigenvalue weighted by Gasteiger charge is 2.31. The van der Waals surface area contributed by atoms with Gasteiger partial charge in [-0.15, -0.1) is 0 Å². The molecular formula is C14H18ClNO2. The number of carbonyl (C=O) groups is 1. The van der Waals surface area contributed by atoms with Crippen LogP contribution < -0.4 is 0 Å². The molecule has 0 aromatic heterocycles. The Balaban J connectivity index is 2.03. The van der Waals surface area contributed by atoms with E-state index in [9.17, 15) is 9.90 Å². The van der Waals surface area contributed by atoms with Crippen LogP contribution in [0.4, 0.5) is 0 Å². The lowest BCUT2D eigenvalue weighted by molar-refractivity contribution is 0.0866. The average molecular weight is 268 g/mol. The number of benzene rings is 1. The van der Waals surface area contributed by atoms with Gasteiger partial charge in [0.1, 0.15) is 0 Å². The van der Waals surface area contributed by atoms with Crippen molar-refractivity contribution in [2.24, 2.45) is 5.92 Å². The summed E-state index contributed by atoms with van der Waals surface area (Å²) in [6.45, 7) is 3.46. The second kappa shape index (κ2) is 5.83. The molecule has 2 atom stereocenters. The van der Waals surface area contributed by atoms with Gasteiger partial charge in [0.15, 0.2) is 5.78 Å². The molecule has 0 saturated carbocycles. The standard InChI is InChI=1S/C14H18ClNO2/c1-10-5-6-16(13(10)9-17)8-14(18)11-3-2-4-12(15)7-11/h2-4,7,10,13,17H,5-6,8-9H2,1H3. The van der Waals surface area contributed by atoms with Gasteiger partial charge >= 0.3 is 0 Å². The van der Waals surface area contributed by atoms with E-state index >= 15 is 0 Å². The van der Waals surface area contributed by atoms with E-state index in [1.165, 1.54) is 0 Å². The SMILES string of the molecule is CC1CCN(CC(=O)c2cccc(Cl)c2)C1CO. The molecule has 1 aromatic rings. The van der Waals surface area contributed by atoms with E-state index in [1.807, 2.05) is 0 Å². The molecule has 1 aliphatic rings. The molecule has 98 valence electrons. The number of hydrogen-bond acceptors (Lipinski definition) is 3. The molecule has 1 fully saturated rings. The largest absolute Gasteiger partial charge is 0.395 e. The summed E-state index contributed by atoms with van der Waals surface area (Å²) in [6.07, 6.45) is 1.04. The van der Waals surface area contributed by atoms with Gasteiger partial charge in [0.05, 0.1) is 13.2 Å². The molecule has 18 heavy (non-hydrogen) atoms. The fourth-order valence-electron chi connectivity index (χ4n) is 2.52. The van der Waals surface area contributed by atoms with Crippen LogP contribution in [0.5, 0.6) is 0 Å². The van der Waals surface area contributed by atoms with Gasteiger partial charge in [0.2, 0.25) is 0 Å². The van der Waals surface area contributed by atoms with Gasteiger partial charge in [0.25, 0.3) is 0 Å². The van der Waals surface area contributed by atoms with Crippen molar-refractivity contribution in [2.45, 2.75) is 19.4 Å². The first-order valence-electron chi connectivity index (χ1n) is 6.25. The van der Waals surface area contributed by atoms with E-state index in [4.69, 9.17) is 11.6 Å². The van der Waals surface area contributed by atoms with Crippen LogP contribution in [0.25, 0.3) is 0 Å². The minimum atomic E-state index is 0.0602. The molecule has 0 bridgehead atoms. The van der Waals surface area contributed by atoms with Crippen LogP contribution in [-0.4, -0.2) is 41.5 Å². The van der Waals surface area contributed by atoms with Crippen LogP contribution in [0.3, 0.4) is 0 Å². The highest BCUT2D eigenvalue weighted by molar-refractivity contribution is 6.31. The Kier molecular flexibility index (Phi) is 4.38. The van der Waals surface area contributed by atoms with Gasteiger partial charge in [-0.1, -0.05) is 30.7 Å². The van der Waals surface area contributed by atoms with Crippen molar-refractivity contribution in [1.82, 2.24) is 4.90 Å². The van der Waals surface area contributed by atoms with Crippen molar-refractivity contribution in [3.8, 4) is 0 Å². The number of rotatable bonds is 4. The zero-order valence-corrected chi connectivity index (χ0v) is 11.2. The first kappa shape index (κ1) is 13.5. The number of carbonyl (C=O) groups excluding carboxylic acids is 1. The quantitative estimate of drug-likeness (QED) is 0.851. The van der Waals surface area contributed by atoms with Crippen molar-refractivity contribution in [3.63, 3.8) is 0 Å². The van der Waals surface area contributed by atoms with Crippen molar-refractivity contribution in [2.75, 3.05) is 19.7 Å². The Labute approximate surface area is 112 Å². The summed E-state index contributed by atoms with van der Waals surface area (Å²) >= 11 is 5.88. The molecule has 0 aliphatic carbocycles. The first-order chi connectivity index (χ1) is 8.61. The number of likely N-dealkylation sites (tertiary alicyclic amines) is 1. The number of aliphatic hydroxyl groups excluding tert-OH is 1. The molecule has 0 amide bonds. The maximum Gasteiger partial charge on any atom is 0.176 e. The minimum Gasteiger partial charge on any atom is -0.395 e. The second-order valence-electron chi connectivity index (χ2n) is 4.92. The van der Waals surface area contributed by atoms with E-state index in [0.717, 1.165) is 13.0 Å².